The Labute approximate surface area is 87.9 Å². The maximum Gasteiger partial charge on any atom is 0.290 e. The highest BCUT2D eigenvalue weighted by molar-refractivity contribution is 6.37. The molecule has 4 nitrogen and oxygen atoms in total. The van der Waals surface area contributed by atoms with E-state index in [-0.39, 0.29) is 11.7 Å². The fraction of sp³-hybridized carbons (Fsp3) is 0.364. The number of amides is 1. The van der Waals surface area contributed by atoms with Gasteiger partial charge in [-0.25, -0.2) is 0 Å². The third-order valence-electron chi connectivity index (χ3n) is 2.50. The number of aromatic nitrogens is 1. The summed E-state index contributed by atoms with van der Waals surface area (Å²) in [5.74, 6) is -0.609. The number of rotatable bonds is 3. The maximum atomic E-state index is 11.3. The van der Waals surface area contributed by atoms with E-state index in [4.69, 9.17) is 0 Å². The Bertz CT molecular complexity index is 375. The first kappa shape index (κ1) is 9.83. The van der Waals surface area contributed by atoms with Gasteiger partial charge in [-0.1, -0.05) is 6.07 Å². The van der Waals surface area contributed by atoms with Crippen LogP contribution in [0, 0.1) is 0 Å². The van der Waals surface area contributed by atoms with Crippen LogP contribution >= 0.6 is 0 Å². The Balaban J connectivity index is 1.89. The number of Topliss-reactive ketones (excluding diaryl/α,β-unsaturated/α-hetero) is 1. The second-order valence-electron chi connectivity index (χ2n) is 3.54. The van der Waals surface area contributed by atoms with Gasteiger partial charge in [-0.3, -0.25) is 14.6 Å². The van der Waals surface area contributed by atoms with E-state index in [2.05, 4.69) is 4.98 Å². The van der Waals surface area contributed by atoms with E-state index in [1.807, 2.05) is 18.2 Å². The number of carbonyl (C=O) groups is 2. The first-order chi connectivity index (χ1) is 7.27. The predicted molar refractivity (Wildman–Crippen MR) is 54.1 cm³/mol. The Kier molecular flexibility index (Phi) is 2.76. The van der Waals surface area contributed by atoms with Crippen LogP contribution < -0.4 is 0 Å². The molecule has 0 aromatic carbocycles. The van der Waals surface area contributed by atoms with Gasteiger partial charge in [0.25, 0.3) is 5.91 Å². The highest BCUT2D eigenvalue weighted by Crippen LogP contribution is 2.07. The molecule has 0 bridgehead atoms. The van der Waals surface area contributed by atoms with E-state index >= 15 is 0 Å². The lowest BCUT2D eigenvalue weighted by molar-refractivity contribution is -0.139. The second kappa shape index (κ2) is 4.21. The van der Waals surface area contributed by atoms with Crippen LogP contribution in [-0.2, 0) is 16.0 Å². The van der Waals surface area contributed by atoms with E-state index in [9.17, 15) is 9.59 Å². The van der Waals surface area contributed by atoms with Gasteiger partial charge in [0.2, 0.25) is 5.78 Å². The summed E-state index contributed by atoms with van der Waals surface area (Å²) < 4.78 is 0. The highest BCUT2D eigenvalue weighted by atomic mass is 16.2. The van der Waals surface area contributed by atoms with Crippen molar-refractivity contribution < 1.29 is 9.59 Å². The van der Waals surface area contributed by atoms with Gasteiger partial charge < -0.3 is 4.90 Å². The quantitative estimate of drug-likeness (QED) is 0.671. The van der Waals surface area contributed by atoms with Gasteiger partial charge in [0.1, 0.15) is 0 Å². The fourth-order valence-corrected chi connectivity index (χ4v) is 1.63. The van der Waals surface area contributed by atoms with Crippen LogP contribution in [0.25, 0.3) is 0 Å². The van der Waals surface area contributed by atoms with Crippen molar-refractivity contribution in [1.82, 2.24) is 9.88 Å². The van der Waals surface area contributed by atoms with Crippen LogP contribution in [-0.4, -0.2) is 34.7 Å². The third-order valence-corrected chi connectivity index (χ3v) is 2.50. The number of hydrogen-bond donors (Lipinski definition) is 0. The minimum Gasteiger partial charge on any atom is -0.335 e. The van der Waals surface area contributed by atoms with E-state index < -0.39 is 0 Å². The monoisotopic (exact) mass is 204 g/mol. The summed E-state index contributed by atoms with van der Waals surface area (Å²) in [4.78, 5) is 28.0. The molecule has 0 radical (unpaired) electrons. The number of likely N-dealkylation sites (tertiary alicyclic amines) is 1. The van der Waals surface area contributed by atoms with Crippen LogP contribution in [0.1, 0.15) is 12.1 Å². The molecule has 2 heterocycles. The van der Waals surface area contributed by atoms with Crippen molar-refractivity contribution in [3.05, 3.63) is 30.1 Å². The molecule has 0 aliphatic carbocycles. The summed E-state index contributed by atoms with van der Waals surface area (Å²) in [5.41, 5.74) is 0.949. The van der Waals surface area contributed by atoms with Crippen LogP contribution in [0.4, 0.5) is 0 Å². The first-order valence-electron chi connectivity index (χ1n) is 4.99. The van der Waals surface area contributed by atoms with Gasteiger partial charge in [0.05, 0.1) is 0 Å². The first-order valence-corrected chi connectivity index (χ1v) is 4.99. The Morgan fingerprint density at radius 1 is 1.33 bits per heavy atom. The van der Waals surface area contributed by atoms with Crippen molar-refractivity contribution in [2.45, 2.75) is 12.8 Å². The van der Waals surface area contributed by atoms with Crippen molar-refractivity contribution in [1.29, 1.82) is 0 Å². The summed E-state index contributed by atoms with van der Waals surface area (Å²) in [6.45, 7) is 1.14. The minimum atomic E-state index is -0.342. The average Bonchev–Trinajstić information content (AvgIpc) is 2.59. The van der Waals surface area contributed by atoms with Crippen molar-refractivity contribution in [2.75, 3.05) is 13.1 Å². The Hall–Kier alpha value is -1.71. The predicted octanol–water partition coefficient (Wildman–Crippen LogP) is 0.425. The lowest BCUT2D eigenvalue weighted by Crippen LogP contribution is -2.29. The van der Waals surface area contributed by atoms with E-state index in [1.54, 1.807) is 11.1 Å². The summed E-state index contributed by atoms with van der Waals surface area (Å²) >= 11 is 0. The molecule has 1 aliphatic heterocycles. The minimum absolute atomic E-state index is 0.268. The zero-order valence-corrected chi connectivity index (χ0v) is 8.35. The normalized spacial score (nSPS) is 16.1. The van der Waals surface area contributed by atoms with Crippen molar-refractivity contribution in [3.63, 3.8) is 0 Å². The molecule has 78 valence electrons. The summed E-state index contributed by atoms with van der Waals surface area (Å²) in [5, 5.41) is 0. The molecular formula is C11H12N2O2. The molecule has 1 aliphatic rings. The molecule has 15 heavy (non-hydrogen) atoms. The molecule has 1 saturated heterocycles. The molecule has 0 atom stereocenters. The van der Waals surface area contributed by atoms with Gasteiger partial charge in [0, 0.05) is 37.8 Å². The number of carbonyl (C=O) groups excluding carboxylic acids is 2. The molecule has 1 fully saturated rings. The number of pyridine rings is 1. The van der Waals surface area contributed by atoms with E-state index in [0.29, 0.717) is 25.9 Å². The molecule has 4 heteroatoms. The Morgan fingerprint density at radius 2 is 2.20 bits per heavy atom. The van der Waals surface area contributed by atoms with Gasteiger partial charge in [-0.15, -0.1) is 0 Å². The standard InChI is InChI=1S/C11H12N2O2/c14-10-5-8-13(11(10)15)7-4-9-3-1-2-6-12-9/h1-3,6H,4-5,7-8H2. The van der Waals surface area contributed by atoms with E-state index in [1.165, 1.54) is 0 Å². The molecule has 0 N–H and O–H groups in total. The zero-order valence-electron chi connectivity index (χ0n) is 8.35. The lowest BCUT2D eigenvalue weighted by atomic mass is 10.2. The molecule has 1 amide bonds. The Morgan fingerprint density at radius 3 is 2.80 bits per heavy atom. The van der Waals surface area contributed by atoms with Crippen molar-refractivity contribution in [2.24, 2.45) is 0 Å². The summed E-state index contributed by atoms with van der Waals surface area (Å²) in [7, 11) is 0. The van der Waals surface area contributed by atoms with Gasteiger partial charge in [-0.05, 0) is 12.1 Å². The summed E-state index contributed by atoms with van der Waals surface area (Å²) in [6, 6.07) is 5.69. The van der Waals surface area contributed by atoms with Crippen molar-refractivity contribution in [3.8, 4) is 0 Å². The molecule has 0 spiro atoms. The topological polar surface area (TPSA) is 50.3 Å². The molecule has 0 saturated carbocycles. The van der Waals surface area contributed by atoms with Crippen LogP contribution in [0.15, 0.2) is 24.4 Å². The van der Waals surface area contributed by atoms with E-state index in [0.717, 1.165) is 5.69 Å². The largest absolute Gasteiger partial charge is 0.335 e. The molecule has 0 unspecified atom stereocenters. The number of hydrogen-bond acceptors (Lipinski definition) is 3. The fourth-order valence-electron chi connectivity index (χ4n) is 1.63. The van der Waals surface area contributed by atoms with Crippen LogP contribution in [0.2, 0.25) is 0 Å². The molecule has 2 rings (SSSR count). The molecular weight excluding hydrogens is 192 g/mol. The molecule has 1 aromatic rings. The van der Waals surface area contributed by atoms with Gasteiger partial charge in [-0.2, -0.15) is 0 Å². The summed E-state index contributed by atoms with van der Waals surface area (Å²) in [6.07, 6.45) is 2.80. The average molecular weight is 204 g/mol. The lowest BCUT2D eigenvalue weighted by Gasteiger charge is -2.13. The van der Waals surface area contributed by atoms with Gasteiger partial charge >= 0.3 is 0 Å². The zero-order chi connectivity index (χ0) is 10.7. The number of ketones is 1. The van der Waals surface area contributed by atoms with Gasteiger partial charge in [0.15, 0.2) is 0 Å². The maximum absolute atomic E-state index is 11.3. The second-order valence-corrected chi connectivity index (χ2v) is 3.54. The van der Waals surface area contributed by atoms with Crippen molar-refractivity contribution >= 4 is 11.7 Å². The number of nitrogens with zero attached hydrogens (tertiary/aromatic N) is 2. The smallest absolute Gasteiger partial charge is 0.290 e. The highest BCUT2D eigenvalue weighted by Gasteiger charge is 2.28. The molecule has 1 aromatic heterocycles. The van der Waals surface area contributed by atoms with Crippen LogP contribution in [0.3, 0.4) is 0 Å². The van der Waals surface area contributed by atoms with Crippen LogP contribution in [0.5, 0.6) is 0 Å². The SMILES string of the molecule is O=C1CCN(CCc2ccccn2)C1=O. The third kappa shape index (κ3) is 2.21.